The summed E-state index contributed by atoms with van der Waals surface area (Å²) in [6.45, 7) is 2.60. The molecule has 1 N–H and O–H groups in total. The monoisotopic (exact) mass is 285 g/mol. The van der Waals surface area contributed by atoms with Crippen LogP contribution in [-0.2, 0) is 0 Å². The second-order valence-electron chi connectivity index (χ2n) is 4.42. The van der Waals surface area contributed by atoms with E-state index in [1.54, 1.807) is 24.4 Å². The third-order valence-electron chi connectivity index (χ3n) is 3.04. The van der Waals surface area contributed by atoms with Crippen LogP contribution in [0.5, 0.6) is 23.0 Å². The van der Waals surface area contributed by atoms with Crippen LogP contribution in [0, 0.1) is 0 Å². The zero-order valence-corrected chi connectivity index (χ0v) is 11.6. The van der Waals surface area contributed by atoms with Crippen molar-refractivity contribution in [3.8, 4) is 23.0 Å². The van der Waals surface area contributed by atoms with Gasteiger partial charge in [0, 0.05) is 17.8 Å². The first kappa shape index (κ1) is 13.3. The van der Waals surface area contributed by atoms with Gasteiger partial charge in [-0.1, -0.05) is 6.07 Å². The van der Waals surface area contributed by atoms with Gasteiger partial charge in [0.2, 0.25) is 6.79 Å². The highest BCUT2D eigenvalue weighted by molar-refractivity contribution is 5.86. The number of aromatic hydroxyl groups is 1. The Hall–Kier alpha value is -2.69. The molecule has 5 nitrogen and oxygen atoms in total. The van der Waals surface area contributed by atoms with Crippen LogP contribution >= 0.6 is 0 Å². The lowest BCUT2D eigenvalue weighted by molar-refractivity contribution is 0.174. The van der Waals surface area contributed by atoms with Crippen molar-refractivity contribution >= 4 is 11.9 Å². The zero-order chi connectivity index (χ0) is 14.7. The Labute approximate surface area is 122 Å². The number of benzene rings is 2. The normalized spacial score (nSPS) is 12.8. The molecule has 0 aromatic heterocycles. The molecule has 5 heteroatoms. The van der Waals surface area contributed by atoms with E-state index in [0.717, 1.165) is 11.4 Å². The molecule has 1 heterocycles. The number of nitrogens with zero attached hydrogens (tertiary/aromatic N) is 1. The first-order valence-electron chi connectivity index (χ1n) is 6.66. The number of ether oxygens (including phenoxy) is 3. The third kappa shape index (κ3) is 2.76. The summed E-state index contributed by atoms with van der Waals surface area (Å²) in [5.74, 6) is 1.93. The van der Waals surface area contributed by atoms with E-state index in [9.17, 15) is 5.11 Å². The lowest BCUT2D eigenvalue weighted by atomic mass is 10.2. The van der Waals surface area contributed by atoms with Crippen molar-refractivity contribution in [3.63, 3.8) is 0 Å². The van der Waals surface area contributed by atoms with Gasteiger partial charge in [-0.2, -0.15) is 0 Å². The molecule has 21 heavy (non-hydrogen) atoms. The maximum atomic E-state index is 10.1. The van der Waals surface area contributed by atoms with E-state index in [0.29, 0.717) is 23.7 Å². The fourth-order valence-electron chi connectivity index (χ4n) is 2.03. The van der Waals surface area contributed by atoms with Crippen LogP contribution in [0.4, 0.5) is 5.69 Å². The Bertz CT molecular complexity index is 682. The van der Waals surface area contributed by atoms with E-state index < -0.39 is 0 Å². The molecule has 108 valence electrons. The van der Waals surface area contributed by atoms with E-state index in [2.05, 4.69) is 4.99 Å². The first-order chi connectivity index (χ1) is 10.3. The van der Waals surface area contributed by atoms with Crippen molar-refractivity contribution in [1.29, 1.82) is 0 Å². The minimum absolute atomic E-state index is 0.0869. The molecular weight excluding hydrogens is 270 g/mol. The van der Waals surface area contributed by atoms with Gasteiger partial charge in [-0.3, -0.25) is 4.99 Å². The van der Waals surface area contributed by atoms with Gasteiger partial charge >= 0.3 is 0 Å². The Balaban J connectivity index is 1.84. The molecule has 0 radical (unpaired) electrons. The van der Waals surface area contributed by atoms with Gasteiger partial charge in [-0.25, -0.2) is 0 Å². The summed E-state index contributed by atoms with van der Waals surface area (Å²) in [7, 11) is 0. The maximum Gasteiger partial charge on any atom is 0.231 e. The topological polar surface area (TPSA) is 60.3 Å². The van der Waals surface area contributed by atoms with E-state index in [4.69, 9.17) is 14.2 Å². The lowest BCUT2D eigenvalue weighted by Crippen LogP contribution is -1.93. The summed E-state index contributed by atoms with van der Waals surface area (Å²) in [6, 6.07) is 10.7. The number of fused-ring (bicyclic) bond motifs is 1. The van der Waals surface area contributed by atoms with E-state index in [-0.39, 0.29) is 12.5 Å². The smallest absolute Gasteiger partial charge is 0.231 e. The largest absolute Gasteiger partial charge is 0.504 e. The fraction of sp³-hybridized carbons (Fsp3) is 0.188. The fourth-order valence-corrected chi connectivity index (χ4v) is 2.03. The average Bonchev–Trinajstić information content (AvgIpc) is 2.96. The molecule has 0 saturated heterocycles. The van der Waals surface area contributed by atoms with Crippen LogP contribution in [0.25, 0.3) is 0 Å². The SMILES string of the molecule is CCOc1cccc(C=Nc2ccc3c(c2)OCO3)c1O. The molecule has 2 aromatic carbocycles. The number of hydrogen-bond donors (Lipinski definition) is 1. The van der Waals surface area contributed by atoms with Crippen molar-refractivity contribution in [3.05, 3.63) is 42.0 Å². The highest BCUT2D eigenvalue weighted by Gasteiger charge is 2.12. The molecule has 0 saturated carbocycles. The van der Waals surface area contributed by atoms with Gasteiger partial charge in [-0.15, -0.1) is 0 Å². The number of para-hydroxylation sites is 1. The summed E-state index contributed by atoms with van der Waals surface area (Å²) in [6.07, 6.45) is 1.59. The van der Waals surface area contributed by atoms with Crippen LogP contribution < -0.4 is 14.2 Å². The molecule has 0 atom stereocenters. The highest BCUT2D eigenvalue weighted by Crippen LogP contribution is 2.35. The molecule has 3 rings (SSSR count). The van der Waals surface area contributed by atoms with Gasteiger partial charge in [0.15, 0.2) is 23.0 Å². The van der Waals surface area contributed by atoms with Crippen molar-refractivity contribution in [2.45, 2.75) is 6.92 Å². The van der Waals surface area contributed by atoms with Crippen LogP contribution in [-0.4, -0.2) is 24.7 Å². The molecule has 1 aliphatic rings. The summed E-state index contributed by atoms with van der Waals surface area (Å²) in [5.41, 5.74) is 1.32. The molecule has 0 spiro atoms. The quantitative estimate of drug-likeness (QED) is 0.876. The van der Waals surface area contributed by atoms with Crippen molar-refractivity contribution in [2.75, 3.05) is 13.4 Å². The van der Waals surface area contributed by atoms with Crippen LogP contribution in [0.2, 0.25) is 0 Å². The summed E-state index contributed by atoms with van der Waals surface area (Å²) < 4.78 is 15.9. The molecule has 2 aromatic rings. The van der Waals surface area contributed by atoms with Gasteiger partial charge < -0.3 is 19.3 Å². The van der Waals surface area contributed by atoms with E-state index in [1.165, 1.54) is 0 Å². The van der Waals surface area contributed by atoms with Gasteiger partial charge in [0.1, 0.15) is 0 Å². The summed E-state index contributed by atoms with van der Waals surface area (Å²) in [5, 5.41) is 10.1. The second kappa shape index (κ2) is 5.75. The van der Waals surface area contributed by atoms with Gasteiger partial charge in [-0.05, 0) is 31.2 Å². The second-order valence-corrected chi connectivity index (χ2v) is 4.42. The number of hydrogen-bond acceptors (Lipinski definition) is 5. The molecule has 0 amide bonds. The Morgan fingerprint density at radius 3 is 2.95 bits per heavy atom. The van der Waals surface area contributed by atoms with Gasteiger partial charge in [0.05, 0.1) is 12.3 Å². The number of rotatable bonds is 4. The minimum Gasteiger partial charge on any atom is -0.504 e. The predicted molar refractivity (Wildman–Crippen MR) is 79.1 cm³/mol. The number of phenolic OH excluding ortho intramolecular Hbond substituents is 1. The molecule has 0 bridgehead atoms. The molecule has 0 fully saturated rings. The van der Waals surface area contributed by atoms with Crippen molar-refractivity contribution in [1.82, 2.24) is 0 Å². The Kier molecular flexibility index (Phi) is 3.64. The molecular formula is C16H15NO4. The Morgan fingerprint density at radius 2 is 2.10 bits per heavy atom. The minimum atomic E-state index is 0.0869. The van der Waals surface area contributed by atoms with Crippen LogP contribution in [0.1, 0.15) is 12.5 Å². The first-order valence-corrected chi connectivity index (χ1v) is 6.66. The number of aliphatic imine (C=N–C) groups is 1. The number of phenols is 1. The van der Waals surface area contributed by atoms with Crippen molar-refractivity contribution in [2.24, 2.45) is 4.99 Å². The third-order valence-corrected chi connectivity index (χ3v) is 3.04. The maximum absolute atomic E-state index is 10.1. The lowest BCUT2D eigenvalue weighted by Gasteiger charge is -2.07. The van der Waals surface area contributed by atoms with Crippen molar-refractivity contribution < 1.29 is 19.3 Å². The zero-order valence-electron chi connectivity index (χ0n) is 11.6. The van der Waals surface area contributed by atoms with Crippen LogP contribution in [0.15, 0.2) is 41.4 Å². The Morgan fingerprint density at radius 1 is 1.24 bits per heavy atom. The van der Waals surface area contributed by atoms with E-state index >= 15 is 0 Å². The van der Waals surface area contributed by atoms with Crippen LogP contribution in [0.3, 0.4) is 0 Å². The van der Waals surface area contributed by atoms with Gasteiger partial charge in [0.25, 0.3) is 0 Å². The van der Waals surface area contributed by atoms with E-state index in [1.807, 2.05) is 25.1 Å². The highest BCUT2D eigenvalue weighted by atomic mass is 16.7. The molecule has 1 aliphatic heterocycles. The average molecular weight is 285 g/mol. The predicted octanol–water partition coefficient (Wildman–Crippen LogP) is 3.27. The standard InChI is InChI=1S/C16H15NO4/c1-2-19-14-5-3-4-11(16(14)18)9-17-12-6-7-13-15(8-12)21-10-20-13/h3-9,18H,2,10H2,1H3. The summed E-state index contributed by atoms with van der Waals surface area (Å²) in [4.78, 5) is 4.34. The molecule has 0 aliphatic carbocycles. The molecule has 0 unspecified atom stereocenters. The summed E-state index contributed by atoms with van der Waals surface area (Å²) >= 11 is 0.